The van der Waals surface area contributed by atoms with Gasteiger partial charge in [0.1, 0.15) is 12.4 Å². The molecule has 0 saturated carbocycles. The van der Waals surface area contributed by atoms with Crippen molar-refractivity contribution in [3.63, 3.8) is 0 Å². The molecule has 2 nitrogen and oxygen atoms in total. The number of nitrogens with one attached hydrogen (secondary N) is 1. The lowest BCUT2D eigenvalue weighted by Gasteiger charge is -2.17. The Balaban J connectivity index is 2.23. The Bertz CT molecular complexity index is 709. The third-order valence-electron chi connectivity index (χ3n) is 10.9. The fourth-order valence-corrected chi connectivity index (χ4v) is 7.66. The summed E-state index contributed by atoms with van der Waals surface area (Å²) in [5, 5.41) is 0. The number of H-pyrrole nitrogens is 1. The molecule has 0 bridgehead atoms. The van der Waals surface area contributed by atoms with E-state index >= 15 is 0 Å². The molecule has 2 unspecified atom stereocenters. The summed E-state index contributed by atoms with van der Waals surface area (Å²) in [4.78, 5) is 3.74. The minimum absolute atomic E-state index is 0.619. The number of aromatic amines is 1. The van der Waals surface area contributed by atoms with Crippen LogP contribution in [-0.2, 0) is 0 Å². The second-order valence-corrected chi connectivity index (χ2v) is 15.4. The zero-order valence-corrected chi connectivity index (χ0v) is 32.5. The van der Waals surface area contributed by atoms with E-state index in [1.54, 1.807) is 0 Å². The number of hydrogen-bond acceptors (Lipinski definition) is 0. The molecule has 2 atom stereocenters. The lowest BCUT2D eigenvalue weighted by atomic mass is 9.93. The minimum Gasteiger partial charge on any atom is -0.247 e. The van der Waals surface area contributed by atoms with Gasteiger partial charge in [-0.15, -0.1) is 0 Å². The molecule has 0 radical (unpaired) electrons. The van der Waals surface area contributed by atoms with Crippen molar-refractivity contribution >= 4 is 0 Å². The number of imidazole rings is 1. The molecule has 1 N–H and O–H groups in total. The van der Waals surface area contributed by atoms with Crippen LogP contribution in [0.25, 0.3) is 0 Å². The van der Waals surface area contributed by atoms with Gasteiger partial charge in [-0.25, -0.2) is 9.55 Å². The Kier molecular flexibility index (Phi) is 32.0. The van der Waals surface area contributed by atoms with Crippen LogP contribution in [0.5, 0.6) is 0 Å². The summed E-state index contributed by atoms with van der Waals surface area (Å²) in [7, 11) is 0. The van der Waals surface area contributed by atoms with Gasteiger partial charge in [0.15, 0.2) is 0 Å². The van der Waals surface area contributed by atoms with Gasteiger partial charge in [0, 0.05) is 0 Å². The third kappa shape index (κ3) is 25.3. The van der Waals surface area contributed by atoms with Crippen molar-refractivity contribution in [1.29, 1.82) is 0 Å². The Morgan fingerprint density at radius 1 is 0.413 bits per heavy atom. The molecular weight excluding hydrogens is 556 g/mol. The van der Waals surface area contributed by atoms with Gasteiger partial charge in [-0.2, -0.15) is 0 Å². The van der Waals surface area contributed by atoms with Crippen LogP contribution in [0.3, 0.4) is 0 Å². The van der Waals surface area contributed by atoms with Crippen molar-refractivity contribution in [3.05, 3.63) is 18.2 Å². The summed E-state index contributed by atoms with van der Waals surface area (Å²) in [6, 6.07) is 0.619. The van der Waals surface area contributed by atoms with E-state index in [-0.39, 0.29) is 0 Å². The first-order valence-corrected chi connectivity index (χ1v) is 21.8. The molecule has 0 aliphatic heterocycles. The standard InChI is InChI=1S/C44H86N2/c1-5-8-11-14-16-18-20-22-23-24-25-27-29-31-33-36-39-43(38-35-13-10-7-3)44-45-40-41-46(44)42(4)37-34-32-30-28-26-21-19-17-15-12-9-6-2/h40-43H,5-39H2,1-4H3/p+1. The SMILES string of the molecule is CCCCCCCCCCCCCCCCCCC(CCCCCC)c1[nH]cc[n+]1C(C)CCCCCCCCCCCCCC. The highest BCUT2D eigenvalue weighted by Crippen LogP contribution is 2.27. The molecule has 1 aromatic heterocycles. The number of hydrogen-bond donors (Lipinski definition) is 1. The fraction of sp³-hybridized carbons (Fsp3) is 0.932. The van der Waals surface area contributed by atoms with E-state index in [2.05, 4.69) is 49.6 Å². The molecule has 1 aromatic rings. The highest BCUT2D eigenvalue weighted by Gasteiger charge is 2.25. The number of nitrogens with zero attached hydrogens (tertiary/aromatic N) is 1. The molecular formula is C44H87N2+. The summed E-state index contributed by atoms with van der Waals surface area (Å²) in [5.74, 6) is 2.24. The number of rotatable bonds is 37. The predicted octanol–water partition coefficient (Wildman–Crippen LogP) is 15.7. The first kappa shape index (κ1) is 43.2. The van der Waals surface area contributed by atoms with E-state index in [0.29, 0.717) is 12.0 Å². The van der Waals surface area contributed by atoms with Crippen molar-refractivity contribution in [2.24, 2.45) is 0 Å². The van der Waals surface area contributed by atoms with Crippen LogP contribution in [0.15, 0.2) is 12.4 Å². The van der Waals surface area contributed by atoms with E-state index < -0.39 is 0 Å². The van der Waals surface area contributed by atoms with Crippen LogP contribution >= 0.6 is 0 Å². The van der Waals surface area contributed by atoms with E-state index in [1.807, 2.05) is 0 Å². The van der Waals surface area contributed by atoms with E-state index in [9.17, 15) is 0 Å². The Morgan fingerprint density at radius 2 is 0.696 bits per heavy atom. The molecule has 0 aliphatic rings. The molecule has 0 spiro atoms. The summed E-state index contributed by atoms with van der Waals surface area (Å²) < 4.78 is 2.63. The molecule has 0 saturated heterocycles. The molecule has 0 fully saturated rings. The Morgan fingerprint density at radius 3 is 1.04 bits per heavy atom. The van der Waals surface area contributed by atoms with Crippen molar-refractivity contribution in [3.8, 4) is 0 Å². The zero-order valence-electron chi connectivity index (χ0n) is 32.5. The predicted molar refractivity (Wildman–Crippen MR) is 207 cm³/mol. The van der Waals surface area contributed by atoms with Crippen LogP contribution in [0.1, 0.15) is 270 Å². The van der Waals surface area contributed by atoms with Gasteiger partial charge in [-0.05, 0) is 32.6 Å². The molecule has 0 aliphatic carbocycles. The molecule has 2 heteroatoms. The van der Waals surface area contributed by atoms with Gasteiger partial charge in [0.05, 0.1) is 12.0 Å². The highest BCUT2D eigenvalue weighted by atomic mass is 15.1. The first-order valence-electron chi connectivity index (χ1n) is 21.8. The fourth-order valence-electron chi connectivity index (χ4n) is 7.66. The monoisotopic (exact) mass is 644 g/mol. The van der Waals surface area contributed by atoms with Crippen LogP contribution in [-0.4, -0.2) is 4.98 Å². The van der Waals surface area contributed by atoms with Gasteiger partial charge in [-0.3, -0.25) is 0 Å². The van der Waals surface area contributed by atoms with E-state index in [1.165, 1.54) is 231 Å². The second kappa shape index (κ2) is 34.1. The first-order chi connectivity index (χ1) is 22.7. The van der Waals surface area contributed by atoms with Crippen LogP contribution in [0.2, 0.25) is 0 Å². The van der Waals surface area contributed by atoms with Crippen molar-refractivity contribution in [2.45, 2.75) is 264 Å². The van der Waals surface area contributed by atoms with Crippen LogP contribution in [0, 0.1) is 0 Å². The van der Waals surface area contributed by atoms with Crippen molar-refractivity contribution in [1.82, 2.24) is 4.98 Å². The van der Waals surface area contributed by atoms with Crippen molar-refractivity contribution in [2.75, 3.05) is 0 Å². The minimum atomic E-state index is 0.619. The smallest absolute Gasteiger partial charge is 0.247 e. The maximum atomic E-state index is 3.74. The van der Waals surface area contributed by atoms with Gasteiger partial charge in [0.2, 0.25) is 0 Å². The Hall–Kier alpha value is -0.790. The maximum absolute atomic E-state index is 3.74. The largest absolute Gasteiger partial charge is 0.257 e. The molecule has 1 rings (SSSR count). The van der Waals surface area contributed by atoms with Gasteiger partial charge < -0.3 is 0 Å². The zero-order chi connectivity index (χ0) is 33.2. The van der Waals surface area contributed by atoms with Crippen LogP contribution in [0.4, 0.5) is 0 Å². The number of unbranched alkanes of at least 4 members (excludes halogenated alkanes) is 29. The van der Waals surface area contributed by atoms with Gasteiger partial charge >= 0.3 is 0 Å². The van der Waals surface area contributed by atoms with Crippen molar-refractivity contribution < 1.29 is 4.57 Å². The lowest BCUT2D eigenvalue weighted by Crippen LogP contribution is -2.41. The summed E-state index contributed by atoms with van der Waals surface area (Å²) >= 11 is 0. The Labute approximate surface area is 291 Å². The topological polar surface area (TPSA) is 19.7 Å². The highest BCUT2D eigenvalue weighted by molar-refractivity contribution is 4.90. The van der Waals surface area contributed by atoms with E-state index in [0.717, 1.165) is 0 Å². The molecule has 1 heterocycles. The number of aromatic nitrogens is 2. The molecule has 0 aromatic carbocycles. The normalized spacial score (nSPS) is 13.0. The lowest BCUT2D eigenvalue weighted by molar-refractivity contribution is -0.727. The molecule has 46 heavy (non-hydrogen) atoms. The molecule has 272 valence electrons. The summed E-state index contributed by atoms with van der Waals surface area (Å²) in [5.41, 5.74) is 0. The maximum Gasteiger partial charge on any atom is 0.257 e. The average molecular weight is 644 g/mol. The van der Waals surface area contributed by atoms with Gasteiger partial charge in [0.25, 0.3) is 5.82 Å². The molecule has 0 amide bonds. The quantitative estimate of drug-likeness (QED) is 0.0550. The third-order valence-corrected chi connectivity index (χ3v) is 10.9. The summed E-state index contributed by atoms with van der Waals surface area (Å²) in [6.07, 6.45) is 54.7. The second-order valence-electron chi connectivity index (χ2n) is 15.4. The average Bonchev–Trinajstić information content (AvgIpc) is 3.56. The summed E-state index contributed by atoms with van der Waals surface area (Å²) in [6.45, 7) is 9.43. The van der Waals surface area contributed by atoms with Gasteiger partial charge in [-0.1, -0.05) is 220 Å². The van der Waals surface area contributed by atoms with Crippen LogP contribution < -0.4 is 4.57 Å². The van der Waals surface area contributed by atoms with E-state index in [4.69, 9.17) is 0 Å².